The van der Waals surface area contributed by atoms with Gasteiger partial charge in [0.15, 0.2) is 11.5 Å². The summed E-state index contributed by atoms with van der Waals surface area (Å²) in [5, 5.41) is 7.48. The Hall–Kier alpha value is -3.88. The van der Waals surface area contributed by atoms with Gasteiger partial charge in [0.2, 0.25) is 24.6 Å². The van der Waals surface area contributed by atoms with E-state index in [0.717, 1.165) is 30.1 Å². The van der Waals surface area contributed by atoms with E-state index in [2.05, 4.69) is 44.6 Å². The fourth-order valence-corrected chi connectivity index (χ4v) is 2.93. The van der Waals surface area contributed by atoms with E-state index in [1.807, 2.05) is 53.4 Å². The molecule has 0 saturated carbocycles. The Balaban J connectivity index is 1.54. The normalized spacial score (nSPS) is 12.2. The van der Waals surface area contributed by atoms with Gasteiger partial charge in [-0.15, -0.1) is 0 Å². The van der Waals surface area contributed by atoms with Crippen molar-refractivity contribution >= 4 is 29.7 Å². The predicted octanol–water partition coefficient (Wildman–Crippen LogP) is 3.64. The van der Waals surface area contributed by atoms with Crippen molar-refractivity contribution in [3.05, 3.63) is 54.1 Å². The van der Waals surface area contributed by atoms with E-state index in [9.17, 15) is 0 Å². The van der Waals surface area contributed by atoms with Gasteiger partial charge in [-0.3, -0.25) is 0 Å². The number of benzene rings is 2. The van der Waals surface area contributed by atoms with E-state index in [0.29, 0.717) is 23.6 Å². The lowest BCUT2D eigenvalue weighted by molar-refractivity contribution is 0.174. The molecule has 2 aromatic carbocycles. The maximum absolute atomic E-state index is 5.39. The number of hydrazone groups is 1. The molecule has 0 amide bonds. The molecular weight excluding hydrogens is 382 g/mol. The molecule has 0 saturated heterocycles. The number of para-hydroxylation sites is 1. The Morgan fingerprint density at radius 2 is 1.73 bits per heavy atom. The Morgan fingerprint density at radius 1 is 0.967 bits per heavy atom. The summed E-state index contributed by atoms with van der Waals surface area (Å²) in [5.74, 6) is 2.81. The van der Waals surface area contributed by atoms with Gasteiger partial charge in [0.05, 0.1) is 6.21 Å². The summed E-state index contributed by atoms with van der Waals surface area (Å²) in [7, 11) is 0. The Kier molecular flexibility index (Phi) is 5.88. The van der Waals surface area contributed by atoms with Crippen molar-refractivity contribution in [2.24, 2.45) is 5.10 Å². The molecule has 1 aliphatic rings. The number of nitrogens with one attached hydrogen (secondary N) is 2. The molecule has 2 N–H and O–H groups in total. The third-order valence-corrected chi connectivity index (χ3v) is 4.47. The summed E-state index contributed by atoms with van der Waals surface area (Å²) in [6, 6.07) is 15.4. The molecule has 3 aromatic rings. The molecular formula is C21H23N7O2. The predicted molar refractivity (Wildman–Crippen MR) is 117 cm³/mol. The van der Waals surface area contributed by atoms with Crippen LogP contribution in [-0.4, -0.2) is 41.0 Å². The molecule has 9 nitrogen and oxygen atoms in total. The smallest absolute Gasteiger partial charge is 0.250 e. The van der Waals surface area contributed by atoms with E-state index in [-0.39, 0.29) is 6.79 Å². The second-order valence-corrected chi connectivity index (χ2v) is 6.43. The van der Waals surface area contributed by atoms with E-state index in [4.69, 9.17) is 9.47 Å². The highest BCUT2D eigenvalue weighted by Gasteiger charge is 2.13. The van der Waals surface area contributed by atoms with Crippen LogP contribution in [0, 0.1) is 0 Å². The highest BCUT2D eigenvalue weighted by atomic mass is 16.7. The van der Waals surface area contributed by atoms with Crippen LogP contribution in [0.2, 0.25) is 0 Å². The van der Waals surface area contributed by atoms with Crippen molar-refractivity contribution in [3.8, 4) is 11.5 Å². The fourth-order valence-electron chi connectivity index (χ4n) is 2.93. The molecule has 0 fully saturated rings. The molecule has 1 aliphatic heterocycles. The van der Waals surface area contributed by atoms with Crippen LogP contribution in [0.4, 0.5) is 23.5 Å². The van der Waals surface area contributed by atoms with E-state index >= 15 is 0 Å². The van der Waals surface area contributed by atoms with Crippen LogP contribution in [0.15, 0.2) is 53.6 Å². The minimum atomic E-state index is 0.240. The van der Waals surface area contributed by atoms with Gasteiger partial charge < -0.3 is 19.7 Å². The maximum atomic E-state index is 5.39. The molecule has 0 spiro atoms. The van der Waals surface area contributed by atoms with E-state index < -0.39 is 0 Å². The maximum Gasteiger partial charge on any atom is 0.250 e. The molecule has 2 heterocycles. The minimum Gasteiger partial charge on any atom is -0.454 e. The summed E-state index contributed by atoms with van der Waals surface area (Å²) in [6.45, 7) is 5.92. The Bertz CT molecular complexity index is 1020. The first-order chi connectivity index (χ1) is 14.7. The number of hydrogen-bond donors (Lipinski definition) is 2. The lowest BCUT2D eigenvalue weighted by Crippen LogP contribution is -2.25. The van der Waals surface area contributed by atoms with Crippen LogP contribution >= 0.6 is 0 Å². The van der Waals surface area contributed by atoms with Gasteiger partial charge in [-0.2, -0.15) is 20.1 Å². The highest BCUT2D eigenvalue weighted by molar-refractivity contribution is 5.81. The molecule has 0 unspecified atom stereocenters. The van der Waals surface area contributed by atoms with Crippen molar-refractivity contribution in [1.29, 1.82) is 0 Å². The van der Waals surface area contributed by atoms with Gasteiger partial charge in [-0.05, 0) is 49.7 Å². The van der Waals surface area contributed by atoms with Gasteiger partial charge in [0, 0.05) is 18.8 Å². The standard InChI is InChI=1S/C21H23N7O2/c1-3-28(4-2)21-25-19(23-16-8-6-5-7-9-16)24-20(26-21)27-22-13-15-10-11-17-18(12-15)30-14-29-17/h5-13H,3-4,14H2,1-2H3,(H2,23,24,25,26,27)/b22-13-. The van der Waals surface area contributed by atoms with Gasteiger partial charge in [0.25, 0.3) is 0 Å². The number of nitrogens with zero attached hydrogens (tertiary/aromatic N) is 5. The third kappa shape index (κ3) is 4.57. The lowest BCUT2D eigenvalue weighted by Gasteiger charge is -2.19. The van der Waals surface area contributed by atoms with E-state index in [1.54, 1.807) is 6.21 Å². The van der Waals surface area contributed by atoms with Crippen molar-refractivity contribution in [2.45, 2.75) is 13.8 Å². The Morgan fingerprint density at radius 3 is 2.53 bits per heavy atom. The number of hydrogen-bond acceptors (Lipinski definition) is 9. The summed E-state index contributed by atoms with van der Waals surface area (Å²) in [6.07, 6.45) is 1.67. The first kappa shape index (κ1) is 19.4. The first-order valence-corrected chi connectivity index (χ1v) is 9.77. The van der Waals surface area contributed by atoms with Crippen molar-refractivity contribution < 1.29 is 9.47 Å². The zero-order valence-corrected chi connectivity index (χ0v) is 16.9. The highest BCUT2D eigenvalue weighted by Crippen LogP contribution is 2.32. The summed E-state index contributed by atoms with van der Waals surface area (Å²) >= 11 is 0. The van der Waals surface area contributed by atoms with Gasteiger partial charge >= 0.3 is 0 Å². The molecule has 0 atom stereocenters. The molecule has 30 heavy (non-hydrogen) atoms. The fraction of sp³-hybridized carbons (Fsp3) is 0.238. The lowest BCUT2D eigenvalue weighted by atomic mass is 10.2. The number of aromatic nitrogens is 3. The van der Waals surface area contributed by atoms with Crippen molar-refractivity contribution in [2.75, 3.05) is 35.5 Å². The van der Waals surface area contributed by atoms with Crippen LogP contribution < -0.4 is 25.1 Å². The molecule has 1 aromatic heterocycles. The van der Waals surface area contributed by atoms with Crippen LogP contribution in [0.3, 0.4) is 0 Å². The second kappa shape index (κ2) is 9.08. The molecule has 9 heteroatoms. The average Bonchev–Trinajstić information content (AvgIpc) is 3.23. The largest absolute Gasteiger partial charge is 0.454 e. The summed E-state index contributed by atoms with van der Waals surface area (Å²) in [4.78, 5) is 15.5. The van der Waals surface area contributed by atoms with Gasteiger partial charge in [-0.1, -0.05) is 18.2 Å². The summed E-state index contributed by atoms with van der Waals surface area (Å²) in [5.41, 5.74) is 4.66. The monoisotopic (exact) mass is 405 g/mol. The first-order valence-electron chi connectivity index (χ1n) is 9.77. The number of rotatable bonds is 8. The second-order valence-electron chi connectivity index (χ2n) is 6.43. The van der Waals surface area contributed by atoms with Crippen LogP contribution in [0.25, 0.3) is 0 Å². The quantitative estimate of drug-likeness (QED) is 0.433. The van der Waals surface area contributed by atoms with Crippen molar-refractivity contribution in [1.82, 2.24) is 15.0 Å². The van der Waals surface area contributed by atoms with Crippen molar-refractivity contribution in [3.63, 3.8) is 0 Å². The average molecular weight is 405 g/mol. The number of fused-ring (bicyclic) bond motifs is 1. The summed E-state index contributed by atoms with van der Waals surface area (Å²) < 4.78 is 10.7. The zero-order valence-electron chi connectivity index (χ0n) is 16.9. The third-order valence-electron chi connectivity index (χ3n) is 4.47. The van der Waals surface area contributed by atoms with Crippen LogP contribution in [0.1, 0.15) is 19.4 Å². The van der Waals surface area contributed by atoms with Crippen LogP contribution in [-0.2, 0) is 0 Å². The van der Waals surface area contributed by atoms with Gasteiger partial charge in [0.1, 0.15) is 0 Å². The topological polar surface area (TPSA) is 96.8 Å². The zero-order chi connectivity index (χ0) is 20.8. The number of anilines is 4. The molecule has 0 radical (unpaired) electrons. The number of ether oxygens (including phenoxy) is 2. The van der Waals surface area contributed by atoms with Crippen LogP contribution in [0.5, 0.6) is 11.5 Å². The van der Waals surface area contributed by atoms with Gasteiger partial charge in [-0.25, -0.2) is 5.43 Å². The molecule has 154 valence electrons. The molecule has 4 rings (SSSR count). The Labute approximate surface area is 174 Å². The SMILES string of the molecule is CCN(CC)c1nc(N/N=C\c2ccc3c(c2)OCO3)nc(Nc2ccccc2)n1. The van der Waals surface area contributed by atoms with E-state index in [1.165, 1.54) is 0 Å². The molecule has 0 bridgehead atoms. The minimum absolute atomic E-state index is 0.240. The molecule has 0 aliphatic carbocycles.